The Hall–Kier alpha value is -1.02. The molecule has 1 aliphatic carbocycles. The molecule has 18 heavy (non-hydrogen) atoms. The van der Waals surface area contributed by atoms with Crippen LogP contribution in [0.2, 0.25) is 0 Å². The molecular formula is C15H20ClNO. The topological polar surface area (TPSA) is 20.3 Å². The van der Waals surface area contributed by atoms with Crippen LogP contribution >= 0.6 is 11.6 Å². The molecule has 0 atom stereocenters. The van der Waals surface area contributed by atoms with Crippen molar-refractivity contribution in [2.75, 3.05) is 5.88 Å². The zero-order valence-corrected chi connectivity index (χ0v) is 11.8. The minimum absolute atomic E-state index is 0.0482. The third-order valence-corrected chi connectivity index (χ3v) is 3.65. The van der Waals surface area contributed by atoms with E-state index in [4.69, 9.17) is 11.6 Å². The summed E-state index contributed by atoms with van der Waals surface area (Å²) in [4.78, 5) is 13.7. The van der Waals surface area contributed by atoms with Gasteiger partial charge in [-0.05, 0) is 29.9 Å². The minimum Gasteiger partial charge on any atom is -0.334 e. The van der Waals surface area contributed by atoms with Crippen LogP contribution in [0.1, 0.15) is 43.7 Å². The van der Waals surface area contributed by atoms with Crippen molar-refractivity contribution in [2.45, 2.75) is 45.2 Å². The number of benzene rings is 1. The van der Waals surface area contributed by atoms with E-state index in [9.17, 15) is 4.79 Å². The maximum Gasteiger partial charge on any atom is 0.238 e. The quantitative estimate of drug-likeness (QED) is 0.746. The Bertz CT molecular complexity index is 409. The van der Waals surface area contributed by atoms with Gasteiger partial charge in [0.05, 0.1) is 0 Å². The van der Waals surface area contributed by atoms with Crippen LogP contribution in [0.4, 0.5) is 0 Å². The normalized spacial score (nSPS) is 14.9. The number of carbonyl (C=O) groups is 1. The second kappa shape index (κ2) is 5.75. The molecule has 1 saturated carbocycles. The number of hydrogen-bond donors (Lipinski definition) is 0. The molecule has 2 rings (SSSR count). The molecule has 1 aromatic rings. The smallest absolute Gasteiger partial charge is 0.238 e. The van der Waals surface area contributed by atoms with E-state index in [1.807, 2.05) is 4.90 Å². The average Bonchev–Trinajstić information content (AvgIpc) is 3.20. The highest BCUT2D eigenvalue weighted by molar-refractivity contribution is 6.27. The van der Waals surface area contributed by atoms with Gasteiger partial charge in [-0.3, -0.25) is 4.79 Å². The van der Waals surface area contributed by atoms with Gasteiger partial charge < -0.3 is 4.90 Å². The summed E-state index contributed by atoms with van der Waals surface area (Å²) >= 11 is 5.66. The Morgan fingerprint density at radius 3 is 2.39 bits per heavy atom. The number of rotatable bonds is 5. The molecule has 1 aromatic carbocycles. The molecule has 0 N–H and O–H groups in total. The Labute approximate surface area is 114 Å². The second-order valence-electron chi connectivity index (χ2n) is 5.28. The van der Waals surface area contributed by atoms with E-state index in [2.05, 4.69) is 38.1 Å². The van der Waals surface area contributed by atoms with Crippen LogP contribution in [-0.2, 0) is 11.3 Å². The van der Waals surface area contributed by atoms with Crippen molar-refractivity contribution in [2.24, 2.45) is 0 Å². The lowest BCUT2D eigenvalue weighted by molar-refractivity contribution is -0.129. The summed E-state index contributed by atoms with van der Waals surface area (Å²) < 4.78 is 0. The average molecular weight is 266 g/mol. The van der Waals surface area contributed by atoms with Crippen molar-refractivity contribution in [3.8, 4) is 0 Å². The second-order valence-corrected chi connectivity index (χ2v) is 5.55. The van der Waals surface area contributed by atoms with Gasteiger partial charge in [0, 0.05) is 12.6 Å². The molecule has 0 radical (unpaired) electrons. The zero-order chi connectivity index (χ0) is 13.1. The molecule has 1 amide bonds. The highest BCUT2D eigenvalue weighted by Gasteiger charge is 2.31. The van der Waals surface area contributed by atoms with E-state index in [1.54, 1.807) is 0 Å². The van der Waals surface area contributed by atoms with Crippen LogP contribution in [0.5, 0.6) is 0 Å². The lowest BCUT2D eigenvalue weighted by atomic mass is 10.0. The summed E-state index contributed by atoms with van der Waals surface area (Å²) in [5, 5.41) is 0. The highest BCUT2D eigenvalue weighted by Crippen LogP contribution is 2.28. The lowest BCUT2D eigenvalue weighted by Crippen LogP contribution is -2.33. The number of carbonyl (C=O) groups excluding carboxylic acids is 1. The first-order chi connectivity index (χ1) is 8.61. The van der Waals surface area contributed by atoms with Crippen LogP contribution in [-0.4, -0.2) is 22.7 Å². The molecule has 2 nitrogen and oxygen atoms in total. The molecule has 0 unspecified atom stereocenters. The molecule has 0 bridgehead atoms. The summed E-state index contributed by atoms with van der Waals surface area (Å²) in [6, 6.07) is 8.95. The van der Waals surface area contributed by atoms with Gasteiger partial charge >= 0.3 is 0 Å². The molecule has 0 heterocycles. The molecule has 0 spiro atoms. The van der Waals surface area contributed by atoms with Gasteiger partial charge in [-0.2, -0.15) is 0 Å². The predicted octanol–water partition coefficient (Wildman–Crippen LogP) is 3.54. The largest absolute Gasteiger partial charge is 0.334 e. The number of alkyl halides is 1. The molecule has 0 saturated heterocycles. The van der Waals surface area contributed by atoms with E-state index < -0.39 is 0 Å². The van der Waals surface area contributed by atoms with Gasteiger partial charge in [-0.1, -0.05) is 38.1 Å². The summed E-state index contributed by atoms with van der Waals surface area (Å²) in [6.07, 6.45) is 2.24. The number of hydrogen-bond acceptors (Lipinski definition) is 1. The van der Waals surface area contributed by atoms with E-state index in [-0.39, 0.29) is 11.8 Å². The van der Waals surface area contributed by atoms with Crippen LogP contribution in [0.15, 0.2) is 24.3 Å². The highest BCUT2D eigenvalue weighted by atomic mass is 35.5. The Morgan fingerprint density at radius 1 is 1.33 bits per heavy atom. The van der Waals surface area contributed by atoms with Crippen molar-refractivity contribution in [1.29, 1.82) is 0 Å². The van der Waals surface area contributed by atoms with E-state index >= 15 is 0 Å². The van der Waals surface area contributed by atoms with Crippen LogP contribution in [0, 0.1) is 0 Å². The first-order valence-corrected chi connectivity index (χ1v) is 7.09. The number of amides is 1. The molecule has 3 heteroatoms. The van der Waals surface area contributed by atoms with Crippen LogP contribution in [0.25, 0.3) is 0 Å². The van der Waals surface area contributed by atoms with Crippen molar-refractivity contribution >= 4 is 17.5 Å². The van der Waals surface area contributed by atoms with Crippen molar-refractivity contribution < 1.29 is 4.79 Å². The van der Waals surface area contributed by atoms with E-state index in [0.717, 1.165) is 12.8 Å². The summed E-state index contributed by atoms with van der Waals surface area (Å²) in [5.41, 5.74) is 2.52. The third-order valence-electron chi connectivity index (χ3n) is 3.42. The fraction of sp³-hybridized carbons (Fsp3) is 0.533. The molecular weight excluding hydrogens is 246 g/mol. The Morgan fingerprint density at radius 2 is 1.94 bits per heavy atom. The summed E-state index contributed by atoms with van der Waals surface area (Å²) in [5.74, 6) is 0.677. The molecule has 1 aliphatic rings. The molecule has 1 fully saturated rings. The third kappa shape index (κ3) is 3.26. The van der Waals surface area contributed by atoms with Gasteiger partial charge in [0.1, 0.15) is 5.88 Å². The van der Waals surface area contributed by atoms with Gasteiger partial charge in [0.25, 0.3) is 0 Å². The SMILES string of the molecule is CC(C)c1ccc(CN(C(=O)CCl)C2CC2)cc1. The minimum atomic E-state index is 0.0482. The van der Waals surface area contributed by atoms with Crippen molar-refractivity contribution in [3.05, 3.63) is 35.4 Å². The number of halogens is 1. The lowest BCUT2D eigenvalue weighted by Gasteiger charge is -2.21. The standard InChI is InChI=1S/C15H20ClNO/c1-11(2)13-5-3-12(4-6-13)10-17(14-7-8-14)15(18)9-16/h3-6,11,14H,7-10H2,1-2H3. The molecule has 0 aromatic heterocycles. The predicted molar refractivity (Wildman–Crippen MR) is 74.8 cm³/mol. The van der Waals surface area contributed by atoms with Crippen LogP contribution < -0.4 is 0 Å². The monoisotopic (exact) mass is 265 g/mol. The first-order valence-electron chi connectivity index (χ1n) is 6.56. The van der Waals surface area contributed by atoms with Gasteiger partial charge in [0.2, 0.25) is 5.91 Å². The summed E-state index contributed by atoms with van der Waals surface area (Å²) in [7, 11) is 0. The fourth-order valence-corrected chi connectivity index (χ4v) is 2.24. The van der Waals surface area contributed by atoms with E-state index in [1.165, 1.54) is 11.1 Å². The number of nitrogens with zero attached hydrogens (tertiary/aromatic N) is 1. The Balaban J connectivity index is 2.04. The molecule has 98 valence electrons. The van der Waals surface area contributed by atoms with Gasteiger partial charge in [0.15, 0.2) is 0 Å². The maximum absolute atomic E-state index is 11.8. The van der Waals surface area contributed by atoms with Gasteiger partial charge in [-0.25, -0.2) is 0 Å². The Kier molecular flexibility index (Phi) is 4.28. The fourth-order valence-electron chi connectivity index (χ4n) is 2.09. The van der Waals surface area contributed by atoms with Crippen molar-refractivity contribution in [3.63, 3.8) is 0 Å². The van der Waals surface area contributed by atoms with Crippen LogP contribution in [0.3, 0.4) is 0 Å². The zero-order valence-electron chi connectivity index (χ0n) is 11.0. The van der Waals surface area contributed by atoms with Crippen molar-refractivity contribution in [1.82, 2.24) is 4.90 Å². The maximum atomic E-state index is 11.8. The molecule has 0 aliphatic heterocycles. The summed E-state index contributed by atoms with van der Waals surface area (Å²) in [6.45, 7) is 5.06. The van der Waals surface area contributed by atoms with E-state index in [0.29, 0.717) is 18.5 Å². The van der Waals surface area contributed by atoms with Gasteiger partial charge in [-0.15, -0.1) is 11.6 Å². The first kappa shape index (κ1) is 13.4.